The monoisotopic (exact) mass is 190 g/mol. The molecule has 0 spiro atoms. The fourth-order valence-corrected chi connectivity index (χ4v) is 3.23. The van der Waals surface area contributed by atoms with Crippen LogP contribution < -0.4 is 0 Å². The van der Waals surface area contributed by atoms with E-state index in [9.17, 15) is 9.59 Å². The molecule has 0 heterocycles. The fourth-order valence-electron chi connectivity index (χ4n) is 1.36. The van der Waals surface area contributed by atoms with Crippen molar-refractivity contribution < 1.29 is 9.59 Å². The van der Waals surface area contributed by atoms with Crippen LogP contribution in [-0.4, -0.2) is 18.2 Å². The molecule has 2 nitrogen and oxygen atoms in total. The average molecular weight is 190 g/mol. The molecular formula is C9H22O2Si. The van der Waals surface area contributed by atoms with Gasteiger partial charge in [0.1, 0.15) is 0 Å². The Morgan fingerprint density at radius 1 is 0.833 bits per heavy atom. The highest BCUT2D eigenvalue weighted by atomic mass is 28.4. The molecule has 0 aliphatic carbocycles. The summed E-state index contributed by atoms with van der Waals surface area (Å²) < 4.78 is 0. The van der Waals surface area contributed by atoms with Crippen LogP contribution in [0.15, 0.2) is 0 Å². The third kappa shape index (κ3) is 6.82. The first-order valence-electron chi connectivity index (χ1n) is 5.07. The minimum Gasteiger partial charge on any atom is -0.411 e. The van der Waals surface area contributed by atoms with Crippen LogP contribution in [0, 0.1) is 0 Å². The van der Waals surface area contributed by atoms with E-state index in [1.54, 1.807) is 0 Å². The van der Waals surface area contributed by atoms with Crippen LogP contribution in [0.5, 0.6) is 0 Å². The summed E-state index contributed by atoms with van der Waals surface area (Å²) in [7, 11) is -2.75. The molecule has 0 unspecified atom stereocenters. The third-order valence-electron chi connectivity index (χ3n) is 2.08. The van der Waals surface area contributed by atoms with Crippen LogP contribution in [0.4, 0.5) is 0 Å². The highest BCUT2D eigenvalue weighted by Gasteiger charge is 2.26. The van der Waals surface area contributed by atoms with Crippen LogP contribution in [0.25, 0.3) is 0 Å². The standard InChI is InChI=1S/C9H22O2Si/c1-3-5-6-7-9-12(10,11)8-4-2/h10-11H,3-9H2,1-2H3. The lowest BCUT2D eigenvalue weighted by atomic mass is 10.2. The normalized spacial score (nSPS) is 12.0. The lowest BCUT2D eigenvalue weighted by Gasteiger charge is -2.16. The summed E-state index contributed by atoms with van der Waals surface area (Å²) in [6, 6.07) is 1.31. The molecule has 0 aliphatic heterocycles. The molecule has 0 atom stereocenters. The van der Waals surface area contributed by atoms with Gasteiger partial charge < -0.3 is 9.59 Å². The number of rotatable bonds is 7. The summed E-state index contributed by atoms with van der Waals surface area (Å²) in [4.78, 5) is 19.0. The number of hydrogen-bond donors (Lipinski definition) is 2. The Labute approximate surface area is 76.9 Å². The predicted octanol–water partition coefficient (Wildman–Crippen LogP) is 2.40. The van der Waals surface area contributed by atoms with Gasteiger partial charge in [0.25, 0.3) is 0 Å². The van der Waals surface area contributed by atoms with E-state index in [1.807, 2.05) is 6.92 Å². The SMILES string of the molecule is CCCCCC[Si](O)(O)CCC. The molecule has 0 aromatic heterocycles. The van der Waals surface area contributed by atoms with Gasteiger partial charge in [-0.1, -0.05) is 46.0 Å². The molecular weight excluding hydrogens is 168 g/mol. The summed E-state index contributed by atoms with van der Waals surface area (Å²) >= 11 is 0. The van der Waals surface area contributed by atoms with E-state index in [0.717, 1.165) is 19.3 Å². The number of unbranched alkanes of at least 4 members (excludes halogenated alkanes) is 3. The first kappa shape index (κ1) is 12.1. The lowest BCUT2D eigenvalue weighted by molar-refractivity contribution is 0.353. The van der Waals surface area contributed by atoms with Gasteiger partial charge in [0, 0.05) is 0 Å². The van der Waals surface area contributed by atoms with Crippen molar-refractivity contribution in [1.29, 1.82) is 0 Å². The number of hydrogen-bond acceptors (Lipinski definition) is 2. The van der Waals surface area contributed by atoms with Crippen molar-refractivity contribution in [3.8, 4) is 0 Å². The van der Waals surface area contributed by atoms with E-state index in [4.69, 9.17) is 0 Å². The molecule has 0 amide bonds. The summed E-state index contributed by atoms with van der Waals surface area (Å²) in [5.74, 6) is 0. The maximum absolute atomic E-state index is 9.51. The lowest BCUT2D eigenvalue weighted by Crippen LogP contribution is -2.33. The Morgan fingerprint density at radius 2 is 1.50 bits per heavy atom. The Morgan fingerprint density at radius 3 is 2.00 bits per heavy atom. The molecule has 3 heteroatoms. The van der Waals surface area contributed by atoms with E-state index in [0.29, 0.717) is 12.1 Å². The Bertz CT molecular complexity index is 105. The Hall–Kier alpha value is 0.137. The topological polar surface area (TPSA) is 40.5 Å². The highest BCUT2D eigenvalue weighted by Crippen LogP contribution is 2.15. The van der Waals surface area contributed by atoms with Gasteiger partial charge in [-0.05, 0) is 12.1 Å². The quantitative estimate of drug-likeness (QED) is 0.478. The van der Waals surface area contributed by atoms with Gasteiger partial charge in [0.15, 0.2) is 0 Å². The molecule has 2 N–H and O–H groups in total. The summed E-state index contributed by atoms with van der Waals surface area (Å²) in [5, 5.41) is 0. The van der Waals surface area contributed by atoms with Crippen molar-refractivity contribution in [3.05, 3.63) is 0 Å². The van der Waals surface area contributed by atoms with Gasteiger partial charge in [-0.2, -0.15) is 0 Å². The molecule has 0 bridgehead atoms. The van der Waals surface area contributed by atoms with Crippen molar-refractivity contribution in [3.63, 3.8) is 0 Å². The van der Waals surface area contributed by atoms with Gasteiger partial charge in [0.05, 0.1) is 0 Å². The molecule has 0 fully saturated rings. The molecule has 74 valence electrons. The van der Waals surface area contributed by atoms with E-state index >= 15 is 0 Å². The predicted molar refractivity (Wildman–Crippen MR) is 54.2 cm³/mol. The zero-order valence-electron chi connectivity index (χ0n) is 8.34. The molecule has 0 radical (unpaired) electrons. The molecule has 12 heavy (non-hydrogen) atoms. The van der Waals surface area contributed by atoms with Gasteiger partial charge in [0.2, 0.25) is 0 Å². The zero-order valence-corrected chi connectivity index (χ0v) is 9.34. The summed E-state index contributed by atoms with van der Waals surface area (Å²) in [6.45, 7) is 4.16. The van der Waals surface area contributed by atoms with Crippen LogP contribution in [0.3, 0.4) is 0 Å². The van der Waals surface area contributed by atoms with Crippen molar-refractivity contribution in [2.45, 2.75) is 58.0 Å². The van der Waals surface area contributed by atoms with Crippen molar-refractivity contribution in [1.82, 2.24) is 0 Å². The third-order valence-corrected chi connectivity index (χ3v) is 4.54. The van der Waals surface area contributed by atoms with Gasteiger partial charge in [-0.15, -0.1) is 0 Å². The largest absolute Gasteiger partial charge is 0.411 e. The van der Waals surface area contributed by atoms with Crippen molar-refractivity contribution in [2.75, 3.05) is 0 Å². The Balaban J connectivity index is 3.33. The van der Waals surface area contributed by atoms with Crippen molar-refractivity contribution in [2.24, 2.45) is 0 Å². The second kappa shape index (κ2) is 6.63. The first-order valence-corrected chi connectivity index (χ1v) is 7.38. The van der Waals surface area contributed by atoms with Crippen molar-refractivity contribution >= 4 is 8.56 Å². The van der Waals surface area contributed by atoms with Crippen LogP contribution in [0.2, 0.25) is 12.1 Å². The van der Waals surface area contributed by atoms with E-state index < -0.39 is 8.56 Å². The second-order valence-electron chi connectivity index (χ2n) is 3.54. The molecule has 0 aromatic rings. The minimum absolute atomic E-state index is 0.638. The van der Waals surface area contributed by atoms with E-state index in [2.05, 4.69) is 6.92 Å². The molecule has 0 aliphatic rings. The maximum Gasteiger partial charge on any atom is 0.332 e. The smallest absolute Gasteiger partial charge is 0.332 e. The maximum atomic E-state index is 9.51. The van der Waals surface area contributed by atoms with Crippen LogP contribution in [-0.2, 0) is 0 Å². The van der Waals surface area contributed by atoms with Gasteiger partial charge in [-0.3, -0.25) is 0 Å². The first-order chi connectivity index (χ1) is 5.62. The van der Waals surface area contributed by atoms with E-state index in [1.165, 1.54) is 12.8 Å². The molecule has 0 saturated carbocycles. The second-order valence-corrected chi connectivity index (χ2v) is 6.51. The Kier molecular flexibility index (Phi) is 6.71. The van der Waals surface area contributed by atoms with Gasteiger partial charge in [-0.25, -0.2) is 0 Å². The average Bonchev–Trinajstić information content (AvgIpc) is 1.98. The highest BCUT2D eigenvalue weighted by molar-refractivity contribution is 6.64. The van der Waals surface area contributed by atoms with Crippen LogP contribution >= 0.6 is 0 Å². The molecule has 0 aromatic carbocycles. The molecule has 0 rings (SSSR count). The fraction of sp³-hybridized carbons (Fsp3) is 1.00. The van der Waals surface area contributed by atoms with Crippen LogP contribution in [0.1, 0.15) is 46.0 Å². The summed E-state index contributed by atoms with van der Waals surface area (Å²) in [5.41, 5.74) is 0. The van der Waals surface area contributed by atoms with Gasteiger partial charge >= 0.3 is 8.56 Å². The minimum atomic E-state index is -2.75. The van der Waals surface area contributed by atoms with E-state index in [-0.39, 0.29) is 0 Å². The summed E-state index contributed by atoms with van der Waals surface area (Å²) in [6.07, 6.45) is 5.46. The molecule has 0 saturated heterocycles. The zero-order chi connectivity index (χ0) is 9.45.